The van der Waals surface area contributed by atoms with Crippen LogP contribution < -0.4 is 16.4 Å². The highest BCUT2D eigenvalue weighted by molar-refractivity contribution is 6.07. The molecule has 12 aromatic rings. The quantitative estimate of drug-likeness (QED) is 0.0398. The average molecular weight is 1480 g/mol. The van der Waals surface area contributed by atoms with Crippen LogP contribution in [0.4, 0.5) is 5.82 Å². The van der Waals surface area contributed by atoms with E-state index in [4.69, 9.17) is 30.7 Å². The first-order valence-electron chi connectivity index (χ1n) is 42.4. The predicted molar refractivity (Wildman–Crippen MR) is 463 cm³/mol. The Hall–Kier alpha value is -8.36. The zero-order valence-electron chi connectivity index (χ0n) is 69.4. The molecule has 6 aromatic heterocycles. The number of para-hydroxylation sites is 3. The van der Waals surface area contributed by atoms with Gasteiger partial charge in [-0.3, -0.25) is 14.9 Å². The number of nitrogens with two attached hydrogens (primary N) is 1. The van der Waals surface area contributed by atoms with Crippen molar-refractivity contribution in [3.8, 4) is 0 Å². The maximum absolute atomic E-state index is 6.38. The van der Waals surface area contributed by atoms with Crippen molar-refractivity contribution in [3.05, 3.63) is 208 Å². The Bertz CT molecular complexity index is 5020. The molecule has 0 atom stereocenters. The third-order valence-corrected chi connectivity index (χ3v) is 23.5. The van der Waals surface area contributed by atoms with E-state index in [9.17, 15) is 0 Å². The molecule has 3 saturated carbocycles. The van der Waals surface area contributed by atoms with E-state index in [2.05, 4.69) is 265 Å². The highest BCUT2D eigenvalue weighted by atomic mass is 15.2. The number of hydrogen-bond donors (Lipinski definition) is 3. The number of pyridine rings is 3. The third kappa shape index (κ3) is 19.9. The predicted octanol–water partition coefficient (Wildman–Crippen LogP) is 22.5. The van der Waals surface area contributed by atoms with Gasteiger partial charge in [0.15, 0.2) is 5.82 Å². The number of benzene rings is 6. The van der Waals surface area contributed by atoms with E-state index in [0.717, 1.165) is 196 Å². The minimum absolute atomic E-state index is 0.146. The lowest BCUT2D eigenvalue weighted by Gasteiger charge is -2.40. The molecule has 0 aliphatic heterocycles. The number of nitrogens with one attached hydrogen (secondary N) is 2. The molecule has 6 aromatic carbocycles. The number of aryl methyl sites for hydroxylation is 3. The van der Waals surface area contributed by atoms with Gasteiger partial charge < -0.3 is 30.1 Å². The monoisotopic (exact) mass is 1480 g/mol. The second kappa shape index (κ2) is 35.1. The molecular formula is C97H129N13. The number of unbranched alkanes of at least 4 members (excludes halogenated alkanes) is 3. The van der Waals surface area contributed by atoms with E-state index in [0.29, 0.717) is 11.2 Å². The minimum Gasteiger partial charge on any atom is -0.382 e. The summed E-state index contributed by atoms with van der Waals surface area (Å²) in [5.41, 5.74) is 27.2. The average Bonchev–Trinajstić information content (AvgIpc) is 1.58. The van der Waals surface area contributed by atoms with Crippen LogP contribution >= 0.6 is 0 Å². The molecule has 0 unspecified atom stereocenters. The van der Waals surface area contributed by atoms with Gasteiger partial charge in [-0.1, -0.05) is 236 Å². The van der Waals surface area contributed by atoms with Gasteiger partial charge in [0.05, 0.1) is 44.5 Å². The van der Waals surface area contributed by atoms with Crippen molar-refractivity contribution in [2.45, 2.75) is 264 Å². The van der Waals surface area contributed by atoms with Crippen LogP contribution in [-0.4, -0.2) is 73.7 Å². The molecule has 0 spiro atoms. The summed E-state index contributed by atoms with van der Waals surface area (Å²) >= 11 is 0. The largest absolute Gasteiger partial charge is 0.382 e. The first-order chi connectivity index (χ1) is 52.9. The molecule has 110 heavy (non-hydrogen) atoms. The van der Waals surface area contributed by atoms with Gasteiger partial charge in [-0.05, 0) is 184 Å². The molecule has 0 amide bonds. The van der Waals surface area contributed by atoms with Crippen LogP contribution in [0.3, 0.4) is 0 Å². The molecule has 15 rings (SSSR count). The Balaban J connectivity index is 0.000000145. The van der Waals surface area contributed by atoms with Crippen LogP contribution in [0.2, 0.25) is 0 Å². The summed E-state index contributed by atoms with van der Waals surface area (Å²) in [6.07, 6.45) is 22.8. The van der Waals surface area contributed by atoms with Crippen molar-refractivity contribution in [1.82, 2.24) is 59.1 Å². The number of fused-ring (bicyclic) bond motifs is 9. The lowest BCUT2D eigenvalue weighted by atomic mass is 9.84. The van der Waals surface area contributed by atoms with Gasteiger partial charge in [0.2, 0.25) is 0 Å². The van der Waals surface area contributed by atoms with Crippen LogP contribution in [0.5, 0.6) is 0 Å². The molecule has 0 bridgehead atoms. The number of hydrogen-bond acceptors (Lipinski definition) is 10. The first kappa shape index (κ1) is 79.7. The van der Waals surface area contributed by atoms with Gasteiger partial charge in [-0.25, -0.2) is 19.9 Å². The molecule has 3 aliphatic rings. The minimum atomic E-state index is 0.146. The lowest BCUT2D eigenvalue weighted by Crippen LogP contribution is -2.44. The zero-order valence-corrected chi connectivity index (χ0v) is 69.4. The fourth-order valence-electron chi connectivity index (χ4n) is 16.4. The molecule has 0 saturated heterocycles. The smallest absolute Gasteiger partial charge is 0.152 e. The number of imidazole rings is 3. The van der Waals surface area contributed by atoms with Crippen molar-refractivity contribution in [1.29, 1.82) is 0 Å². The second-order valence-corrected chi connectivity index (χ2v) is 37.0. The number of anilines is 1. The SMILES string of the molecule is CCCCc1nc2c(CC(C)(C)C)nc3ccccc3c2n1Cc1ccc(CNCC(C)(C)C2CC2)cc1.CCCCc1nc2c(CC(C)(C)C)nc3ccccc3c2n1Cc1ccc(CNCC2CCC2)cc1.CCCCc1nc2c(N)nc3ccccc3c2n1Cc1ccc(CN(CC2CCC2)C(C)(C)C)cc1. The fourth-order valence-corrected chi connectivity index (χ4v) is 16.4. The first-order valence-corrected chi connectivity index (χ1v) is 42.4. The van der Waals surface area contributed by atoms with Crippen molar-refractivity contribution >= 4 is 71.6 Å². The van der Waals surface area contributed by atoms with Crippen molar-refractivity contribution in [2.75, 3.05) is 25.4 Å². The summed E-state index contributed by atoms with van der Waals surface area (Å²) in [7, 11) is 0. The van der Waals surface area contributed by atoms with E-state index in [1.165, 1.54) is 131 Å². The summed E-state index contributed by atoms with van der Waals surface area (Å²) in [6, 6.07) is 53.0. The van der Waals surface area contributed by atoms with Crippen molar-refractivity contribution < 1.29 is 0 Å². The van der Waals surface area contributed by atoms with E-state index in [1.807, 2.05) is 12.1 Å². The topological polar surface area (TPSA) is 145 Å². The number of nitrogen functional groups attached to an aromatic ring is 1. The van der Waals surface area contributed by atoms with Crippen molar-refractivity contribution in [2.24, 2.45) is 34.0 Å². The fraction of sp³-hybridized carbons (Fsp3) is 0.505. The maximum Gasteiger partial charge on any atom is 0.152 e. The number of aromatic nitrogens is 9. The highest BCUT2D eigenvalue weighted by Crippen LogP contribution is 2.45. The summed E-state index contributed by atoms with van der Waals surface area (Å²) in [5.74, 6) is 6.66. The Labute approximate surface area is 657 Å². The molecule has 3 fully saturated rings. The number of rotatable bonds is 30. The van der Waals surface area contributed by atoms with Crippen LogP contribution in [0.15, 0.2) is 146 Å². The normalized spacial score (nSPS) is 14.6. The Kier molecular flexibility index (Phi) is 25.5. The highest BCUT2D eigenvalue weighted by Gasteiger charge is 2.37. The van der Waals surface area contributed by atoms with Gasteiger partial charge in [-0.15, -0.1) is 0 Å². The molecule has 582 valence electrons. The zero-order chi connectivity index (χ0) is 77.3. The van der Waals surface area contributed by atoms with Gasteiger partial charge >= 0.3 is 0 Å². The van der Waals surface area contributed by atoms with E-state index >= 15 is 0 Å². The lowest BCUT2D eigenvalue weighted by molar-refractivity contribution is 0.0821. The van der Waals surface area contributed by atoms with E-state index < -0.39 is 0 Å². The standard InChI is InChI=1S/C34H46N4.C32H42N4.C31H41N5/c1-7-8-13-30-37-31-29(20-33(2,3)4)36-28-12-10-9-11-27(28)32(31)38(30)22-25-16-14-24(15-17-25)21-35-23-34(5,6)26-18-19-26;1-5-6-14-29-35-30-28(19-32(2,3)4)34-27-13-8-7-12-26(27)31(30)36(29)22-25-17-15-24(16-18-25)21-33-20-23-10-9-11-23;1-5-6-14-27-34-28-29(25-12-7-8-13-26(25)33-30(28)32)36(27)21-24-17-15-23(16-18-24)20-35(31(2,3)4)19-22-10-9-11-22/h9-12,14-17,26,35H,7-8,13,18-23H2,1-6H3;7-8,12-13,15-18,23,33H,5-6,9-11,14,19-22H2,1-4H3;7-8,12-13,15-18,22H,5-6,9-11,14,19-21H2,1-4H3,(H2,32,33). The Morgan fingerprint density at radius 3 is 1.17 bits per heavy atom. The van der Waals surface area contributed by atoms with Crippen LogP contribution in [0.1, 0.15) is 249 Å². The summed E-state index contributed by atoms with van der Waals surface area (Å²) < 4.78 is 7.33. The molecule has 6 heterocycles. The van der Waals surface area contributed by atoms with Crippen LogP contribution in [0, 0.1) is 34.0 Å². The van der Waals surface area contributed by atoms with Crippen molar-refractivity contribution in [3.63, 3.8) is 0 Å². The van der Waals surface area contributed by atoms with Gasteiger partial charge in [0.25, 0.3) is 0 Å². The van der Waals surface area contributed by atoms with Gasteiger partial charge in [0.1, 0.15) is 34.0 Å². The number of nitrogens with zero attached hydrogens (tertiary/aromatic N) is 10. The Morgan fingerprint density at radius 2 is 0.791 bits per heavy atom. The van der Waals surface area contributed by atoms with Gasteiger partial charge in [-0.2, -0.15) is 0 Å². The third-order valence-electron chi connectivity index (χ3n) is 23.5. The van der Waals surface area contributed by atoms with E-state index in [1.54, 1.807) is 0 Å². The molecule has 0 radical (unpaired) electrons. The molecule has 13 nitrogen and oxygen atoms in total. The van der Waals surface area contributed by atoms with E-state index in [-0.39, 0.29) is 16.4 Å². The summed E-state index contributed by atoms with van der Waals surface area (Å²) in [6.45, 7) is 41.1. The maximum atomic E-state index is 6.38. The molecular weight excluding hydrogens is 1350 g/mol. The van der Waals surface area contributed by atoms with Crippen LogP contribution in [-0.2, 0) is 71.4 Å². The summed E-state index contributed by atoms with van der Waals surface area (Å²) in [5, 5.41) is 10.9. The molecule has 13 heteroatoms. The molecule has 3 aliphatic carbocycles. The molecule has 4 N–H and O–H groups in total. The van der Waals surface area contributed by atoms with Gasteiger partial charge in [0, 0.05) is 93.3 Å². The Morgan fingerprint density at radius 1 is 0.418 bits per heavy atom. The van der Waals surface area contributed by atoms with Crippen LogP contribution in [0.25, 0.3) is 65.8 Å². The second-order valence-electron chi connectivity index (χ2n) is 37.0. The summed E-state index contributed by atoms with van der Waals surface area (Å²) in [4.78, 5) is 33.0.